The normalized spacial score (nSPS) is 10.3. The number of benzene rings is 4. The van der Waals surface area contributed by atoms with Gasteiger partial charge in [0.2, 0.25) is 0 Å². The molecule has 0 atom stereocenters. The van der Waals surface area contributed by atoms with Crippen LogP contribution in [0.3, 0.4) is 0 Å². The number of carbonyl (C=O) groups is 2. The Labute approximate surface area is 224 Å². The summed E-state index contributed by atoms with van der Waals surface area (Å²) in [6.45, 7) is 2.17. The molecule has 0 saturated heterocycles. The molecule has 0 saturated carbocycles. The van der Waals surface area contributed by atoms with Crippen molar-refractivity contribution in [2.24, 2.45) is 0 Å². The van der Waals surface area contributed by atoms with Crippen LogP contribution in [0.5, 0.6) is 0 Å². The number of fused-ring (bicyclic) bond motifs is 6. The van der Waals surface area contributed by atoms with Crippen LogP contribution in [0, 0.1) is 0 Å². The van der Waals surface area contributed by atoms with Gasteiger partial charge < -0.3 is 10.2 Å². The Hall–Kier alpha value is -3.73. The molecule has 6 rings (SSSR count). The molecule has 0 fully saturated rings. The zero-order valence-corrected chi connectivity index (χ0v) is 21.7. The molecule has 6 aromatic rings. The van der Waals surface area contributed by atoms with Crippen molar-refractivity contribution in [2.45, 2.75) is 20.3 Å². The first-order chi connectivity index (χ1) is 16.8. The van der Waals surface area contributed by atoms with Gasteiger partial charge in [-0.1, -0.05) is 79.2 Å². The van der Waals surface area contributed by atoms with Gasteiger partial charge in [0.1, 0.15) is 0 Å². The van der Waals surface area contributed by atoms with Crippen molar-refractivity contribution in [3.8, 4) is 0 Å². The van der Waals surface area contributed by atoms with Crippen molar-refractivity contribution in [3.05, 3.63) is 108 Å². The molecule has 0 unspecified atom stereocenters. The average Bonchev–Trinajstić information content (AvgIpc) is 3.38. The van der Waals surface area contributed by atoms with Crippen molar-refractivity contribution in [1.82, 2.24) is 0 Å². The number of rotatable bonds is 2. The Balaban J connectivity index is 0.000000356. The second-order valence-electron chi connectivity index (χ2n) is 8.43. The number of aliphatic carboxylic acids is 2. The van der Waals surface area contributed by atoms with E-state index in [9.17, 15) is 0 Å². The Morgan fingerprint density at radius 3 is 1.31 bits per heavy atom. The Morgan fingerprint density at radius 2 is 0.917 bits per heavy atom. The van der Waals surface area contributed by atoms with Crippen LogP contribution in [0.4, 0.5) is 0 Å². The molecule has 0 amide bonds. The molecule has 5 heteroatoms. The predicted molar refractivity (Wildman–Crippen MR) is 144 cm³/mol. The fourth-order valence-corrected chi connectivity index (χ4v) is 4.60. The molecule has 4 nitrogen and oxygen atoms in total. The molecule has 6 aromatic carbocycles. The fourth-order valence-electron chi connectivity index (χ4n) is 4.60. The summed E-state index contributed by atoms with van der Waals surface area (Å²) in [6, 6.07) is 35.5. The molecular formula is C31H26O4Ti. The van der Waals surface area contributed by atoms with Crippen LogP contribution in [0.2, 0.25) is 0 Å². The maximum absolute atomic E-state index is 9.00. The van der Waals surface area contributed by atoms with E-state index in [0.29, 0.717) is 0 Å². The Morgan fingerprint density at radius 1 is 0.583 bits per heavy atom. The molecule has 0 radical (unpaired) electrons. The van der Waals surface area contributed by atoms with E-state index in [1.165, 1.54) is 54.2 Å². The molecule has 0 aliphatic heterocycles. The van der Waals surface area contributed by atoms with Gasteiger partial charge in [0.15, 0.2) is 0 Å². The largest absolute Gasteiger partial charge is 2.00 e. The maximum Gasteiger partial charge on any atom is 2.00 e. The molecule has 0 aliphatic rings. The Kier molecular flexibility index (Phi) is 8.81. The molecule has 0 aromatic heterocycles. The maximum atomic E-state index is 9.00. The van der Waals surface area contributed by atoms with Crippen LogP contribution in [0.1, 0.15) is 25.0 Å². The first kappa shape index (κ1) is 26.9. The monoisotopic (exact) mass is 510 g/mol. The second-order valence-corrected chi connectivity index (χ2v) is 8.43. The van der Waals surface area contributed by atoms with Crippen molar-refractivity contribution in [2.75, 3.05) is 0 Å². The van der Waals surface area contributed by atoms with Crippen LogP contribution in [-0.4, -0.2) is 22.2 Å². The summed E-state index contributed by atoms with van der Waals surface area (Å²) in [5.74, 6) is -1.67. The average molecular weight is 510 g/mol. The Bertz CT molecular complexity index is 1520. The standard InChI is InChI=1S/C27H18.2C2H4O2.Ti/c1-3-11-22-20(7-1)16-26-18(9-5-13-24(22)26)15-19-10-6-14-25-23-12-4-2-8-21(23)17-27(19)25;2*1-2(3)4;/h1-14,16-17H,15H2;2*1H3,(H,3,4);/q-2;;;+2. The summed E-state index contributed by atoms with van der Waals surface area (Å²) in [6.07, 6.45) is 0.960. The smallest absolute Gasteiger partial charge is 0.481 e. The summed E-state index contributed by atoms with van der Waals surface area (Å²) < 4.78 is 0. The molecular weight excluding hydrogens is 484 g/mol. The number of carboxylic acid groups (broad SMARTS) is 2. The van der Waals surface area contributed by atoms with Gasteiger partial charge in [-0.25, -0.2) is 0 Å². The molecule has 0 bridgehead atoms. The van der Waals surface area contributed by atoms with E-state index in [1.807, 2.05) is 0 Å². The topological polar surface area (TPSA) is 74.6 Å². The SMILES string of the molecule is CC(=O)O.CC(=O)O.[Ti+2].c1ccc2c(c1)[cH-]c1c(Cc3cccc4c3[cH-]c3ccccc34)cccc12. The minimum atomic E-state index is -0.833. The van der Waals surface area contributed by atoms with Crippen LogP contribution in [-0.2, 0) is 37.7 Å². The summed E-state index contributed by atoms with van der Waals surface area (Å²) in [7, 11) is 0. The third-order valence-electron chi connectivity index (χ3n) is 5.88. The first-order valence-electron chi connectivity index (χ1n) is 11.4. The molecule has 36 heavy (non-hydrogen) atoms. The van der Waals surface area contributed by atoms with E-state index in [2.05, 4.69) is 97.1 Å². The van der Waals surface area contributed by atoms with Crippen LogP contribution >= 0.6 is 0 Å². The third kappa shape index (κ3) is 5.91. The van der Waals surface area contributed by atoms with E-state index in [1.54, 1.807) is 0 Å². The van der Waals surface area contributed by atoms with Gasteiger partial charge in [0.05, 0.1) is 0 Å². The minimum Gasteiger partial charge on any atom is -0.481 e. The van der Waals surface area contributed by atoms with E-state index in [4.69, 9.17) is 19.8 Å². The number of hydrogen-bond acceptors (Lipinski definition) is 2. The molecule has 0 aliphatic carbocycles. The van der Waals surface area contributed by atoms with Crippen LogP contribution in [0.25, 0.3) is 43.1 Å². The van der Waals surface area contributed by atoms with Gasteiger partial charge in [0, 0.05) is 13.8 Å². The molecule has 0 spiro atoms. The van der Waals surface area contributed by atoms with Crippen LogP contribution < -0.4 is 0 Å². The van der Waals surface area contributed by atoms with Gasteiger partial charge in [-0.05, 0) is 0 Å². The van der Waals surface area contributed by atoms with Crippen molar-refractivity contribution >= 4 is 55.0 Å². The van der Waals surface area contributed by atoms with E-state index in [0.717, 1.165) is 20.3 Å². The number of hydrogen-bond donors (Lipinski definition) is 2. The van der Waals surface area contributed by atoms with Crippen molar-refractivity contribution in [3.63, 3.8) is 0 Å². The summed E-state index contributed by atoms with van der Waals surface area (Å²) in [5, 5.41) is 25.7. The van der Waals surface area contributed by atoms with Gasteiger partial charge in [-0.3, -0.25) is 9.59 Å². The van der Waals surface area contributed by atoms with E-state index >= 15 is 0 Å². The van der Waals surface area contributed by atoms with E-state index in [-0.39, 0.29) is 21.7 Å². The zero-order chi connectivity index (χ0) is 24.9. The van der Waals surface area contributed by atoms with E-state index < -0.39 is 11.9 Å². The third-order valence-corrected chi connectivity index (χ3v) is 5.88. The van der Waals surface area contributed by atoms with Gasteiger partial charge in [0.25, 0.3) is 11.9 Å². The van der Waals surface area contributed by atoms with Gasteiger partial charge >= 0.3 is 21.7 Å². The van der Waals surface area contributed by atoms with Crippen LogP contribution in [0.15, 0.2) is 97.1 Å². The van der Waals surface area contributed by atoms with Gasteiger partial charge in [-0.2, -0.15) is 0 Å². The van der Waals surface area contributed by atoms with Crippen molar-refractivity contribution < 1.29 is 41.5 Å². The zero-order valence-electron chi connectivity index (χ0n) is 20.2. The fraction of sp³-hybridized carbons (Fsp3) is 0.0968. The van der Waals surface area contributed by atoms with Crippen molar-refractivity contribution in [1.29, 1.82) is 0 Å². The number of carboxylic acids is 2. The molecule has 0 heterocycles. The summed E-state index contributed by atoms with van der Waals surface area (Å²) >= 11 is 0. The quantitative estimate of drug-likeness (QED) is 0.187. The summed E-state index contributed by atoms with van der Waals surface area (Å²) in [4.78, 5) is 18.0. The molecule has 2 N–H and O–H groups in total. The minimum absolute atomic E-state index is 0. The summed E-state index contributed by atoms with van der Waals surface area (Å²) in [5.41, 5.74) is 2.81. The predicted octanol–water partition coefficient (Wildman–Crippen LogP) is 7.51. The first-order valence-corrected chi connectivity index (χ1v) is 11.4. The van der Waals surface area contributed by atoms with Gasteiger partial charge in [-0.15, -0.1) is 78.5 Å². The molecule has 178 valence electrons. The second kappa shape index (κ2) is 11.8.